The van der Waals surface area contributed by atoms with Gasteiger partial charge in [-0.05, 0) is 32.4 Å². The van der Waals surface area contributed by atoms with Gasteiger partial charge in [0.1, 0.15) is 17.6 Å². The summed E-state index contributed by atoms with van der Waals surface area (Å²) in [6.45, 7) is 6.48. The number of aromatic nitrogens is 2. The molecule has 21 heavy (non-hydrogen) atoms. The van der Waals surface area contributed by atoms with E-state index in [9.17, 15) is 4.79 Å². The number of carbonyl (C=O) groups is 1. The first-order valence-electron chi connectivity index (χ1n) is 7.04. The standard InChI is InChI=1S/C15H20N4O2/c1-4-7-16-13-12(6-5-8-17-13)14(20)19-11(3)15-18-9-10(2)21-15/h5-6,8-9,11H,4,7H2,1-3H3,(H,16,17)(H,19,20). The summed E-state index contributed by atoms with van der Waals surface area (Å²) < 4.78 is 5.42. The van der Waals surface area contributed by atoms with Gasteiger partial charge in [0.2, 0.25) is 5.89 Å². The summed E-state index contributed by atoms with van der Waals surface area (Å²) in [5.41, 5.74) is 0.515. The van der Waals surface area contributed by atoms with Crippen LogP contribution in [0.25, 0.3) is 0 Å². The van der Waals surface area contributed by atoms with Crippen molar-refractivity contribution in [2.45, 2.75) is 33.2 Å². The molecule has 0 aliphatic rings. The van der Waals surface area contributed by atoms with Gasteiger partial charge in [-0.3, -0.25) is 4.79 Å². The third kappa shape index (κ3) is 3.81. The van der Waals surface area contributed by atoms with Gasteiger partial charge in [-0.2, -0.15) is 0 Å². The number of carbonyl (C=O) groups excluding carboxylic acids is 1. The molecule has 0 aromatic carbocycles. The van der Waals surface area contributed by atoms with Crippen molar-refractivity contribution in [2.24, 2.45) is 0 Å². The zero-order valence-electron chi connectivity index (χ0n) is 12.5. The molecule has 0 bridgehead atoms. The van der Waals surface area contributed by atoms with E-state index in [0.717, 1.165) is 18.7 Å². The summed E-state index contributed by atoms with van der Waals surface area (Å²) >= 11 is 0. The second kappa shape index (κ2) is 6.88. The second-order valence-corrected chi connectivity index (χ2v) is 4.83. The van der Waals surface area contributed by atoms with Gasteiger partial charge < -0.3 is 15.1 Å². The summed E-state index contributed by atoms with van der Waals surface area (Å²) in [4.78, 5) is 20.7. The van der Waals surface area contributed by atoms with Gasteiger partial charge in [-0.15, -0.1) is 0 Å². The van der Waals surface area contributed by atoms with Gasteiger partial charge >= 0.3 is 0 Å². The van der Waals surface area contributed by atoms with Crippen LogP contribution in [0, 0.1) is 6.92 Å². The summed E-state index contributed by atoms with van der Waals surface area (Å²) in [5, 5.41) is 6.02. The number of aryl methyl sites for hydroxylation is 1. The Hall–Kier alpha value is -2.37. The summed E-state index contributed by atoms with van der Waals surface area (Å²) in [7, 11) is 0. The average Bonchev–Trinajstić information content (AvgIpc) is 2.92. The summed E-state index contributed by atoms with van der Waals surface area (Å²) in [6.07, 6.45) is 4.26. The van der Waals surface area contributed by atoms with Crippen molar-refractivity contribution in [2.75, 3.05) is 11.9 Å². The summed E-state index contributed by atoms with van der Waals surface area (Å²) in [6, 6.07) is 3.19. The Bertz CT molecular complexity index is 609. The van der Waals surface area contributed by atoms with Crippen LogP contribution < -0.4 is 10.6 Å². The quantitative estimate of drug-likeness (QED) is 0.854. The summed E-state index contributed by atoms with van der Waals surface area (Å²) in [5.74, 6) is 1.60. The van der Waals surface area contributed by atoms with Crippen LogP contribution >= 0.6 is 0 Å². The molecule has 0 aliphatic heterocycles. The maximum absolute atomic E-state index is 12.4. The van der Waals surface area contributed by atoms with Crippen LogP contribution in [0.2, 0.25) is 0 Å². The van der Waals surface area contributed by atoms with Gasteiger partial charge in [0.25, 0.3) is 5.91 Å². The molecule has 0 fully saturated rings. The number of nitrogens with one attached hydrogen (secondary N) is 2. The monoisotopic (exact) mass is 288 g/mol. The lowest BCUT2D eigenvalue weighted by atomic mass is 10.2. The van der Waals surface area contributed by atoms with Gasteiger partial charge in [0, 0.05) is 12.7 Å². The van der Waals surface area contributed by atoms with Crippen molar-refractivity contribution in [3.05, 3.63) is 41.7 Å². The molecular formula is C15H20N4O2. The van der Waals surface area contributed by atoms with Crippen molar-refractivity contribution in [3.8, 4) is 0 Å². The van der Waals surface area contributed by atoms with E-state index >= 15 is 0 Å². The fraction of sp³-hybridized carbons (Fsp3) is 0.400. The number of nitrogens with zero attached hydrogens (tertiary/aromatic N) is 2. The third-order valence-corrected chi connectivity index (χ3v) is 2.95. The number of pyridine rings is 1. The van der Waals surface area contributed by atoms with Crippen LogP contribution in [-0.4, -0.2) is 22.4 Å². The molecule has 2 rings (SSSR count). The van der Waals surface area contributed by atoms with E-state index in [2.05, 4.69) is 27.5 Å². The van der Waals surface area contributed by atoms with Crippen molar-refractivity contribution in [3.63, 3.8) is 0 Å². The Morgan fingerprint density at radius 2 is 2.24 bits per heavy atom. The zero-order valence-corrected chi connectivity index (χ0v) is 12.5. The molecule has 1 amide bonds. The van der Waals surface area contributed by atoms with Crippen LogP contribution in [0.1, 0.15) is 48.3 Å². The van der Waals surface area contributed by atoms with Crippen molar-refractivity contribution >= 4 is 11.7 Å². The lowest BCUT2D eigenvalue weighted by Gasteiger charge is -2.13. The zero-order chi connectivity index (χ0) is 15.2. The van der Waals surface area contributed by atoms with Gasteiger partial charge in [0.05, 0.1) is 11.8 Å². The molecule has 1 unspecified atom stereocenters. The Labute approximate surface area is 124 Å². The molecular weight excluding hydrogens is 268 g/mol. The van der Waals surface area contributed by atoms with Crippen LogP contribution in [0.4, 0.5) is 5.82 Å². The van der Waals surface area contributed by atoms with E-state index in [1.807, 2.05) is 13.8 Å². The fourth-order valence-corrected chi connectivity index (χ4v) is 1.88. The highest BCUT2D eigenvalue weighted by Gasteiger charge is 2.18. The Morgan fingerprint density at radius 1 is 1.43 bits per heavy atom. The third-order valence-electron chi connectivity index (χ3n) is 2.95. The van der Waals surface area contributed by atoms with E-state index in [4.69, 9.17) is 4.42 Å². The average molecular weight is 288 g/mol. The molecule has 2 aromatic heterocycles. The fourth-order valence-electron chi connectivity index (χ4n) is 1.88. The molecule has 0 radical (unpaired) electrons. The highest BCUT2D eigenvalue weighted by atomic mass is 16.4. The molecule has 2 heterocycles. The highest BCUT2D eigenvalue weighted by molar-refractivity contribution is 5.98. The topological polar surface area (TPSA) is 80.0 Å². The molecule has 6 nitrogen and oxygen atoms in total. The van der Waals surface area contributed by atoms with E-state index in [1.54, 1.807) is 24.5 Å². The van der Waals surface area contributed by atoms with Crippen molar-refractivity contribution in [1.29, 1.82) is 0 Å². The predicted octanol–water partition coefficient (Wildman–Crippen LogP) is 2.69. The molecule has 2 aromatic rings. The van der Waals surface area contributed by atoms with Crippen LogP contribution in [-0.2, 0) is 0 Å². The Morgan fingerprint density at radius 3 is 2.90 bits per heavy atom. The minimum Gasteiger partial charge on any atom is -0.444 e. The molecule has 0 saturated carbocycles. The molecule has 0 spiro atoms. The maximum atomic E-state index is 12.4. The maximum Gasteiger partial charge on any atom is 0.255 e. The Balaban J connectivity index is 2.09. The molecule has 2 N–H and O–H groups in total. The lowest BCUT2D eigenvalue weighted by molar-refractivity contribution is 0.0934. The molecule has 112 valence electrons. The Kier molecular flexibility index (Phi) is 4.92. The van der Waals surface area contributed by atoms with Gasteiger partial charge in [-0.25, -0.2) is 9.97 Å². The number of rotatable bonds is 6. The minimum absolute atomic E-state index is 0.204. The van der Waals surface area contributed by atoms with Crippen molar-refractivity contribution in [1.82, 2.24) is 15.3 Å². The van der Waals surface area contributed by atoms with E-state index in [-0.39, 0.29) is 11.9 Å². The largest absolute Gasteiger partial charge is 0.444 e. The first-order chi connectivity index (χ1) is 10.1. The van der Waals surface area contributed by atoms with Crippen LogP contribution in [0.3, 0.4) is 0 Å². The number of hydrogen-bond acceptors (Lipinski definition) is 5. The number of hydrogen-bond donors (Lipinski definition) is 2. The first kappa shape index (κ1) is 15.0. The SMILES string of the molecule is CCCNc1ncccc1C(=O)NC(C)c1ncc(C)o1. The van der Waals surface area contributed by atoms with Crippen molar-refractivity contribution < 1.29 is 9.21 Å². The molecule has 1 atom stereocenters. The van der Waals surface area contributed by atoms with Crippen LogP contribution in [0.5, 0.6) is 0 Å². The highest BCUT2D eigenvalue weighted by Crippen LogP contribution is 2.16. The predicted molar refractivity (Wildman–Crippen MR) is 80.1 cm³/mol. The minimum atomic E-state index is -0.301. The molecule has 0 aliphatic carbocycles. The van der Waals surface area contributed by atoms with E-state index in [1.165, 1.54) is 0 Å². The van der Waals surface area contributed by atoms with Gasteiger partial charge in [0.15, 0.2) is 0 Å². The van der Waals surface area contributed by atoms with E-state index in [0.29, 0.717) is 17.3 Å². The molecule has 0 saturated heterocycles. The smallest absolute Gasteiger partial charge is 0.255 e. The number of amides is 1. The lowest BCUT2D eigenvalue weighted by Crippen LogP contribution is -2.28. The molecule has 6 heteroatoms. The second-order valence-electron chi connectivity index (χ2n) is 4.83. The number of anilines is 1. The number of oxazole rings is 1. The first-order valence-corrected chi connectivity index (χ1v) is 7.04. The van der Waals surface area contributed by atoms with Gasteiger partial charge in [-0.1, -0.05) is 6.92 Å². The normalized spacial score (nSPS) is 12.0. The van der Waals surface area contributed by atoms with Crippen LogP contribution in [0.15, 0.2) is 28.9 Å². The van der Waals surface area contributed by atoms with E-state index < -0.39 is 0 Å².